The molecule has 20 heavy (non-hydrogen) atoms. The molecule has 2 aromatic rings. The zero-order chi connectivity index (χ0) is 14.8. The predicted octanol–water partition coefficient (Wildman–Crippen LogP) is 2.75. The lowest BCUT2D eigenvalue weighted by Gasteiger charge is -2.12. The third kappa shape index (κ3) is 3.05. The number of ether oxygens (including phenoxy) is 1. The number of rotatable bonds is 3. The Morgan fingerprint density at radius 1 is 1.15 bits per heavy atom. The minimum absolute atomic E-state index is 0.0465. The summed E-state index contributed by atoms with van der Waals surface area (Å²) in [6.07, 6.45) is -3.22. The van der Waals surface area contributed by atoms with Crippen LogP contribution in [0.1, 0.15) is 10.4 Å². The number of hydrogen-bond acceptors (Lipinski definition) is 3. The summed E-state index contributed by atoms with van der Waals surface area (Å²) in [7, 11) is 0. The lowest BCUT2D eigenvalue weighted by atomic mass is 10.0. The molecule has 0 unspecified atom stereocenters. The summed E-state index contributed by atoms with van der Waals surface area (Å²) in [6, 6.07) is 6.41. The van der Waals surface area contributed by atoms with E-state index in [4.69, 9.17) is 0 Å². The van der Waals surface area contributed by atoms with Crippen molar-refractivity contribution in [2.45, 2.75) is 6.36 Å². The van der Waals surface area contributed by atoms with E-state index in [1.165, 1.54) is 30.5 Å². The average Bonchev–Trinajstić information content (AvgIpc) is 2.38. The third-order valence-corrected chi connectivity index (χ3v) is 2.46. The Hall–Kier alpha value is -2.57. The first kappa shape index (κ1) is 13.9. The number of aromatic nitrogens is 1. The molecule has 1 heterocycles. The number of nitrogens with one attached hydrogen (secondary N) is 1. The molecule has 1 aromatic heterocycles. The maximum Gasteiger partial charge on any atom is 0.573 e. The molecule has 0 fully saturated rings. The van der Waals surface area contributed by atoms with Crippen LogP contribution in [0.25, 0.3) is 11.1 Å². The Balaban J connectivity index is 2.58. The van der Waals surface area contributed by atoms with E-state index in [1.807, 2.05) is 0 Å². The second-order valence-electron chi connectivity index (χ2n) is 3.84. The smallest absolute Gasteiger partial charge is 0.405 e. The van der Waals surface area contributed by atoms with Gasteiger partial charge >= 0.3 is 6.36 Å². The van der Waals surface area contributed by atoms with E-state index in [0.717, 1.165) is 6.07 Å². The molecule has 0 bridgehead atoms. The van der Waals surface area contributed by atoms with Crippen LogP contribution in [0.4, 0.5) is 13.2 Å². The summed E-state index contributed by atoms with van der Waals surface area (Å²) in [5.74, 6) is -0.506. The second-order valence-corrected chi connectivity index (χ2v) is 3.84. The van der Waals surface area contributed by atoms with Gasteiger partial charge in [-0.3, -0.25) is 9.59 Å². The summed E-state index contributed by atoms with van der Waals surface area (Å²) >= 11 is 0. The second kappa shape index (κ2) is 5.20. The molecule has 0 amide bonds. The van der Waals surface area contributed by atoms with Crippen LogP contribution in [0.15, 0.2) is 41.3 Å². The number of para-hydroxylation sites is 1. The Bertz CT molecular complexity index is 692. The molecule has 7 heteroatoms. The number of hydrogen-bond donors (Lipinski definition) is 1. The van der Waals surface area contributed by atoms with Crippen LogP contribution in [-0.4, -0.2) is 17.6 Å². The number of H-pyrrole nitrogens is 1. The third-order valence-electron chi connectivity index (χ3n) is 2.46. The van der Waals surface area contributed by atoms with E-state index in [9.17, 15) is 22.8 Å². The number of aldehydes is 1. The first-order valence-electron chi connectivity index (χ1n) is 5.44. The SMILES string of the molecule is O=Cc1c[nH]c(=O)c(-c2ccccc2OC(F)(F)F)c1. The number of alkyl halides is 3. The average molecular weight is 283 g/mol. The van der Waals surface area contributed by atoms with Crippen LogP contribution < -0.4 is 10.3 Å². The minimum Gasteiger partial charge on any atom is -0.405 e. The van der Waals surface area contributed by atoms with Crippen LogP contribution in [-0.2, 0) is 0 Å². The van der Waals surface area contributed by atoms with Gasteiger partial charge < -0.3 is 9.72 Å². The van der Waals surface area contributed by atoms with E-state index in [1.54, 1.807) is 0 Å². The van der Waals surface area contributed by atoms with Crippen LogP contribution in [0.5, 0.6) is 5.75 Å². The van der Waals surface area contributed by atoms with Crippen LogP contribution >= 0.6 is 0 Å². The van der Waals surface area contributed by atoms with Crippen molar-refractivity contribution in [2.24, 2.45) is 0 Å². The summed E-state index contributed by atoms with van der Waals surface area (Å²) in [4.78, 5) is 24.7. The quantitative estimate of drug-likeness (QED) is 0.881. The van der Waals surface area contributed by atoms with Gasteiger partial charge in [0.05, 0.1) is 5.56 Å². The highest BCUT2D eigenvalue weighted by Crippen LogP contribution is 2.32. The van der Waals surface area contributed by atoms with Crippen molar-refractivity contribution in [3.05, 3.63) is 52.4 Å². The van der Waals surface area contributed by atoms with E-state index in [2.05, 4.69) is 9.72 Å². The highest BCUT2D eigenvalue weighted by molar-refractivity contribution is 5.79. The van der Waals surface area contributed by atoms with Crippen molar-refractivity contribution in [1.29, 1.82) is 0 Å². The van der Waals surface area contributed by atoms with Crippen LogP contribution in [0.3, 0.4) is 0 Å². The maximum atomic E-state index is 12.3. The van der Waals surface area contributed by atoms with Crippen molar-refractivity contribution in [2.75, 3.05) is 0 Å². The van der Waals surface area contributed by atoms with Gasteiger partial charge in [-0.05, 0) is 12.1 Å². The van der Waals surface area contributed by atoms with Crippen LogP contribution in [0, 0.1) is 0 Å². The normalized spacial score (nSPS) is 11.2. The number of aromatic amines is 1. The number of benzene rings is 1. The number of halogens is 3. The molecule has 0 saturated carbocycles. The summed E-state index contributed by atoms with van der Waals surface area (Å²) in [6.45, 7) is 0. The highest BCUT2D eigenvalue weighted by Gasteiger charge is 2.32. The molecule has 4 nitrogen and oxygen atoms in total. The first-order chi connectivity index (χ1) is 9.40. The molecule has 0 aliphatic rings. The van der Waals surface area contributed by atoms with Crippen molar-refractivity contribution >= 4 is 6.29 Å². The van der Waals surface area contributed by atoms with Gasteiger partial charge in [-0.1, -0.05) is 18.2 Å². The van der Waals surface area contributed by atoms with E-state index >= 15 is 0 Å². The fourth-order valence-corrected chi connectivity index (χ4v) is 1.67. The van der Waals surface area contributed by atoms with Gasteiger partial charge in [0.25, 0.3) is 5.56 Å². The molecule has 0 saturated heterocycles. The first-order valence-corrected chi connectivity index (χ1v) is 5.44. The fraction of sp³-hybridized carbons (Fsp3) is 0.0769. The molecule has 1 N–H and O–H groups in total. The van der Waals surface area contributed by atoms with Gasteiger partial charge in [0.2, 0.25) is 0 Å². The van der Waals surface area contributed by atoms with Gasteiger partial charge in [0.1, 0.15) is 5.75 Å². The van der Waals surface area contributed by atoms with Gasteiger partial charge in [0.15, 0.2) is 6.29 Å². The molecule has 0 radical (unpaired) electrons. The Morgan fingerprint density at radius 3 is 2.50 bits per heavy atom. The van der Waals surface area contributed by atoms with Crippen molar-refractivity contribution in [3.8, 4) is 16.9 Å². The molecule has 104 valence electrons. The van der Waals surface area contributed by atoms with Crippen molar-refractivity contribution in [3.63, 3.8) is 0 Å². The largest absolute Gasteiger partial charge is 0.573 e. The van der Waals surface area contributed by atoms with Crippen molar-refractivity contribution in [1.82, 2.24) is 4.98 Å². The molecule has 1 aromatic carbocycles. The lowest BCUT2D eigenvalue weighted by Crippen LogP contribution is -2.18. The Labute approximate surface area is 110 Å². The molecule has 0 atom stereocenters. The standard InChI is InChI=1S/C13H8F3NO3/c14-13(15,16)20-11-4-2-1-3-9(11)10-5-8(7-18)6-17-12(10)19/h1-7H,(H,17,19). The predicted molar refractivity (Wildman–Crippen MR) is 64.6 cm³/mol. The molecule has 0 aliphatic heterocycles. The van der Waals surface area contributed by atoms with Gasteiger partial charge in [-0.25, -0.2) is 0 Å². The fourth-order valence-electron chi connectivity index (χ4n) is 1.67. The highest BCUT2D eigenvalue weighted by atomic mass is 19.4. The van der Waals surface area contributed by atoms with E-state index in [-0.39, 0.29) is 16.7 Å². The summed E-state index contributed by atoms with van der Waals surface area (Å²) < 4.78 is 40.8. The number of pyridine rings is 1. The Morgan fingerprint density at radius 2 is 1.85 bits per heavy atom. The zero-order valence-electron chi connectivity index (χ0n) is 9.90. The number of carbonyl (C=O) groups excluding carboxylic acids is 1. The maximum absolute atomic E-state index is 12.3. The topological polar surface area (TPSA) is 59.2 Å². The lowest BCUT2D eigenvalue weighted by molar-refractivity contribution is -0.274. The molecule has 2 rings (SSSR count). The van der Waals surface area contributed by atoms with Crippen molar-refractivity contribution < 1.29 is 22.7 Å². The zero-order valence-corrected chi connectivity index (χ0v) is 9.90. The van der Waals surface area contributed by atoms with Gasteiger partial charge in [0, 0.05) is 17.3 Å². The summed E-state index contributed by atoms with van der Waals surface area (Å²) in [5.41, 5.74) is -0.598. The molecule has 0 spiro atoms. The molecular formula is C13H8F3NO3. The molecule has 0 aliphatic carbocycles. The summed E-state index contributed by atoms with van der Waals surface area (Å²) in [5, 5.41) is 0. The minimum atomic E-state index is -4.87. The molecular weight excluding hydrogens is 275 g/mol. The van der Waals surface area contributed by atoms with E-state index in [0.29, 0.717) is 6.29 Å². The monoisotopic (exact) mass is 283 g/mol. The van der Waals surface area contributed by atoms with Gasteiger partial charge in [-0.2, -0.15) is 0 Å². The van der Waals surface area contributed by atoms with E-state index < -0.39 is 17.7 Å². The number of carbonyl (C=O) groups is 1. The van der Waals surface area contributed by atoms with Gasteiger partial charge in [-0.15, -0.1) is 13.2 Å². The van der Waals surface area contributed by atoms with Crippen LogP contribution in [0.2, 0.25) is 0 Å². The Kier molecular flexibility index (Phi) is 3.60.